The van der Waals surface area contributed by atoms with Crippen molar-refractivity contribution >= 4 is 5.78 Å². The van der Waals surface area contributed by atoms with E-state index in [0.717, 1.165) is 6.08 Å². The third-order valence-electron chi connectivity index (χ3n) is 0.958. The highest BCUT2D eigenvalue weighted by Gasteiger charge is 2.35. The Bertz CT molecular complexity index is 200. The number of ketones is 1. The van der Waals surface area contributed by atoms with E-state index in [1.807, 2.05) is 0 Å². The highest BCUT2D eigenvalue weighted by atomic mass is 19.4. The Morgan fingerprint density at radius 2 is 1.91 bits per heavy atom. The van der Waals surface area contributed by atoms with Gasteiger partial charge in [0.1, 0.15) is 0 Å². The van der Waals surface area contributed by atoms with Crippen LogP contribution in [0.15, 0.2) is 24.3 Å². The number of hydrogen-bond acceptors (Lipinski definition) is 1. The summed E-state index contributed by atoms with van der Waals surface area (Å²) < 4.78 is 35.0. The summed E-state index contributed by atoms with van der Waals surface area (Å²) in [4.78, 5) is 10.5. The molecule has 1 nitrogen and oxygen atoms in total. The Morgan fingerprint density at radius 1 is 1.45 bits per heavy atom. The minimum Gasteiger partial charge on any atom is -0.289 e. The van der Waals surface area contributed by atoms with Crippen molar-refractivity contribution < 1.29 is 18.0 Å². The first-order valence-corrected chi connectivity index (χ1v) is 2.82. The fourth-order valence-electron chi connectivity index (χ4n) is 0.392. The molecule has 0 spiro atoms. The Hall–Kier alpha value is -1.06. The summed E-state index contributed by atoms with van der Waals surface area (Å²) in [5.74, 6) is -1.10. The van der Waals surface area contributed by atoms with E-state index < -0.39 is 17.5 Å². The van der Waals surface area contributed by atoms with Gasteiger partial charge < -0.3 is 0 Å². The molecule has 0 heterocycles. The third kappa shape index (κ3) is 3.02. The largest absolute Gasteiger partial charge is 0.419 e. The molecule has 0 amide bonds. The zero-order chi connectivity index (χ0) is 9.07. The number of alkyl halides is 3. The molecule has 0 saturated carbocycles. The van der Waals surface area contributed by atoms with E-state index in [-0.39, 0.29) is 0 Å². The summed E-state index contributed by atoms with van der Waals surface area (Å²) in [6, 6.07) is 0. The summed E-state index contributed by atoms with van der Waals surface area (Å²) in [6.45, 7) is 4.08. The van der Waals surface area contributed by atoms with Gasteiger partial charge in [0.25, 0.3) is 0 Å². The van der Waals surface area contributed by atoms with E-state index in [4.69, 9.17) is 0 Å². The molecule has 0 aromatic heterocycles. The topological polar surface area (TPSA) is 17.1 Å². The van der Waals surface area contributed by atoms with E-state index in [1.54, 1.807) is 0 Å². The number of carbonyl (C=O) groups is 1. The zero-order valence-electron chi connectivity index (χ0n) is 5.90. The van der Waals surface area contributed by atoms with Crippen LogP contribution in [0.5, 0.6) is 0 Å². The molecule has 0 aromatic rings. The van der Waals surface area contributed by atoms with Crippen LogP contribution in [-0.4, -0.2) is 12.0 Å². The lowest BCUT2D eigenvalue weighted by Gasteiger charge is -2.04. The monoisotopic (exact) mass is 164 g/mol. The van der Waals surface area contributed by atoms with E-state index in [2.05, 4.69) is 6.58 Å². The quantitative estimate of drug-likeness (QED) is 0.572. The number of allylic oxidation sites excluding steroid dienone is 3. The van der Waals surface area contributed by atoms with Gasteiger partial charge in [-0.15, -0.1) is 0 Å². The first-order chi connectivity index (χ1) is 4.89. The maximum absolute atomic E-state index is 11.7. The highest BCUT2D eigenvalue weighted by Crippen LogP contribution is 2.24. The molecule has 0 fully saturated rings. The van der Waals surface area contributed by atoms with Crippen molar-refractivity contribution in [3.05, 3.63) is 24.3 Å². The van der Waals surface area contributed by atoms with Crippen molar-refractivity contribution in [2.75, 3.05) is 0 Å². The lowest BCUT2D eigenvalue weighted by Crippen LogP contribution is -2.17. The molecule has 4 heteroatoms. The molecule has 0 aliphatic heterocycles. The Kier molecular flexibility index (Phi) is 3.04. The maximum Gasteiger partial charge on any atom is 0.419 e. The maximum atomic E-state index is 11.7. The van der Waals surface area contributed by atoms with Crippen LogP contribution in [0.1, 0.15) is 6.92 Å². The summed E-state index contributed by atoms with van der Waals surface area (Å²) in [7, 11) is 0. The predicted octanol–water partition coefficient (Wildman–Crippen LogP) is 2.25. The van der Waals surface area contributed by atoms with Crippen LogP contribution in [0.4, 0.5) is 13.2 Å². The number of carbonyl (C=O) groups excluding carboxylic acids is 1. The van der Waals surface area contributed by atoms with Crippen molar-refractivity contribution in [1.29, 1.82) is 0 Å². The molecule has 0 N–H and O–H groups in total. The molecule has 0 radical (unpaired) electrons. The van der Waals surface area contributed by atoms with Gasteiger partial charge in [0.15, 0.2) is 5.78 Å². The smallest absolute Gasteiger partial charge is 0.289 e. The Labute approximate surface area is 62.2 Å². The molecule has 0 unspecified atom stereocenters. The van der Waals surface area contributed by atoms with Crippen molar-refractivity contribution in [2.24, 2.45) is 0 Å². The van der Waals surface area contributed by atoms with Gasteiger partial charge in [-0.05, 0) is 13.0 Å². The molecule has 0 atom stereocenters. The lowest BCUT2D eigenvalue weighted by atomic mass is 10.2. The van der Waals surface area contributed by atoms with E-state index in [1.165, 1.54) is 13.0 Å². The Morgan fingerprint density at radius 3 is 2.18 bits per heavy atom. The molecule has 11 heavy (non-hydrogen) atoms. The minimum atomic E-state index is -4.61. The van der Waals surface area contributed by atoms with Crippen LogP contribution in [0.25, 0.3) is 0 Å². The molecule has 0 saturated heterocycles. The van der Waals surface area contributed by atoms with E-state index in [0.29, 0.717) is 0 Å². The normalized spacial score (nSPS) is 12.0. The molecule has 0 aliphatic carbocycles. The summed E-state index contributed by atoms with van der Waals surface area (Å²) in [6.07, 6.45) is -2.55. The average molecular weight is 164 g/mol. The molecule has 0 aliphatic rings. The molecular weight excluding hydrogens is 157 g/mol. The molecular formula is C7H7F3O. The van der Waals surface area contributed by atoms with Gasteiger partial charge >= 0.3 is 6.18 Å². The SMILES string of the molecule is C=C(C(=O)/C=C/C)C(F)(F)F. The van der Waals surface area contributed by atoms with Crippen LogP contribution in [-0.2, 0) is 4.79 Å². The predicted molar refractivity (Wildman–Crippen MR) is 35.0 cm³/mol. The molecule has 0 rings (SSSR count). The van der Waals surface area contributed by atoms with Crippen molar-refractivity contribution in [2.45, 2.75) is 13.1 Å². The van der Waals surface area contributed by atoms with Gasteiger partial charge in [0.05, 0.1) is 5.57 Å². The van der Waals surface area contributed by atoms with Crippen LogP contribution in [0.3, 0.4) is 0 Å². The second kappa shape index (κ2) is 3.37. The van der Waals surface area contributed by atoms with E-state index >= 15 is 0 Å². The zero-order valence-corrected chi connectivity index (χ0v) is 5.90. The van der Waals surface area contributed by atoms with Crippen LogP contribution in [0, 0.1) is 0 Å². The number of rotatable bonds is 2. The molecule has 62 valence electrons. The van der Waals surface area contributed by atoms with Crippen molar-refractivity contribution in [1.82, 2.24) is 0 Å². The van der Waals surface area contributed by atoms with Crippen LogP contribution < -0.4 is 0 Å². The van der Waals surface area contributed by atoms with Gasteiger partial charge in [-0.25, -0.2) is 0 Å². The van der Waals surface area contributed by atoms with Gasteiger partial charge in [-0.3, -0.25) is 4.79 Å². The highest BCUT2D eigenvalue weighted by molar-refractivity contribution is 6.04. The summed E-state index contributed by atoms with van der Waals surface area (Å²) in [5.41, 5.74) is -1.34. The molecule has 0 bridgehead atoms. The first-order valence-electron chi connectivity index (χ1n) is 2.82. The standard InChI is InChI=1S/C7H7F3O/c1-3-4-6(11)5(2)7(8,9)10/h3-4H,2H2,1H3/b4-3+. The number of halogens is 3. The minimum absolute atomic E-state index is 0.829. The second-order valence-corrected chi connectivity index (χ2v) is 1.84. The number of hydrogen-bond donors (Lipinski definition) is 0. The van der Waals surface area contributed by atoms with Crippen LogP contribution >= 0.6 is 0 Å². The fourth-order valence-corrected chi connectivity index (χ4v) is 0.392. The lowest BCUT2D eigenvalue weighted by molar-refractivity contribution is -0.124. The first kappa shape index (κ1) is 9.94. The average Bonchev–Trinajstić information content (AvgIpc) is 1.85. The van der Waals surface area contributed by atoms with Crippen molar-refractivity contribution in [3.8, 4) is 0 Å². The summed E-state index contributed by atoms with van der Waals surface area (Å²) in [5, 5.41) is 0. The van der Waals surface area contributed by atoms with E-state index in [9.17, 15) is 18.0 Å². The van der Waals surface area contributed by atoms with Gasteiger partial charge in [-0.1, -0.05) is 12.7 Å². The fraction of sp³-hybridized carbons (Fsp3) is 0.286. The second-order valence-electron chi connectivity index (χ2n) is 1.84. The van der Waals surface area contributed by atoms with Gasteiger partial charge in [0, 0.05) is 0 Å². The third-order valence-corrected chi connectivity index (χ3v) is 0.958. The molecule has 0 aromatic carbocycles. The van der Waals surface area contributed by atoms with Gasteiger partial charge in [-0.2, -0.15) is 13.2 Å². The van der Waals surface area contributed by atoms with Crippen molar-refractivity contribution in [3.63, 3.8) is 0 Å². The van der Waals surface area contributed by atoms with Gasteiger partial charge in [0.2, 0.25) is 0 Å². The van der Waals surface area contributed by atoms with Crippen LogP contribution in [0.2, 0.25) is 0 Å². The summed E-state index contributed by atoms with van der Waals surface area (Å²) >= 11 is 0. The Balaban J connectivity index is 4.39.